The maximum Gasteiger partial charge on any atom is 0.452 e. The summed E-state index contributed by atoms with van der Waals surface area (Å²) in [5.41, 5.74) is 0.433. The van der Waals surface area contributed by atoms with Crippen LogP contribution in [0.15, 0.2) is 12.2 Å². The van der Waals surface area contributed by atoms with Crippen molar-refractivity contribution in [3.05, 3.63) is 12.2 Å². The number of hydrogen-bond donors (Lipinski definition) is 0. The first-order chi connectivity index (χ1) is 10.6. The van der Waals surface area contributed by atoms with E-state index in [1.807, 2.05) is 0 Å². The van der Waals surface area contributed by atoms with E-state index in [2.05, 4.69) is 59.0 Å². The second kappa shape index (κ2) is 9.60. The Kier molecular flexibility index (Phi) is 9.58. The molecule has 0 aromatic rings. The zero-order valence-corrected chi connectivity index (χ0v) is 21.1. The third-order valence-electron chi connectivity index (χ3n) is 2.82. The molecule has 0 radical (unpaired) electrons. The average Bonchev–Trinajstić information content (AvgIpc) is 2.28. The topological polar surface area (TPSA) is 54.0 Å². The Labute approximate surface area is 153 Å². The molecule has 0 unspecified atom stereocenters. The molecule has 9 heteroatoms. The number of hydrogen-bond acceptors (Lipinski definition) is 5. The number of rotatable bonds is 11. The fourth-order valence-electron chi connectivity index (χ4n) is 1.75. The Bertz CT molecular complexity index is 411. The van der Waals surface area contributed by atoms with Crippen molar-refractivity contribution in [2.75, 3.05) is 6.61 Å². The standard InChI is InChI=1S/C15H36O5Si4/c1-14(2)15(16)17-12-11-13-24(9,10)20-21(18-22(3,4)5)19-23(6,7)8/h21H,1,11-13H2,2-10H3. The van der Waals surface area contributed by atoms with Gasteiger partial charge in [-0.3, -0.25) is 0 Å². The molecule has 0 aromatic carbocycles. The molecular formula is C15H36O5Si4. The zero-order valence-electron chi connectivity index (χ0n) is 16.9. The molecule has 0 spiro atoms. The first-order valence-corrected chi connectivity index (χ1v) is 19.8. The number of carbonyl (C=O) groups excluding carboxylic acids is 1. The molecule has 0 aliphatic heterocycles. The summed E-state index contributed by atoms with van der Waals surface area (Å²) >= 11 is 0. The van der Waals surface area contributed by atoms with Gasteiger partial charge in [-0.15, -0.1) is 0 Å². The van der Waals surface area contributed by atoms with Crippen LogP contribution in [0.4, 0.5) is 0 Å². The fourth-order valence-corrected chi connectivity index (χ4v) is 11.8. The first kappa shape index (κ1) is 24.0. The zero-order chi connectivity index (χ0) is 19.2. The second-order valence-corrected chi connectivity index (χ2v) is 24.5. The van der Waals surface area contributed by atoms with Crippen molar-refractivity contribution in [2.45, 2.75) is 71.8 Å². The summed E-state index contributed by atoms with van der Waals surface area (Å²) in [5.74, 6) is -0.327. The van der Waals surface area contributed by atoms with Gasteiger partial charge in [0.1, 0.15) is 0 Å². The number of carbonyl (C=O) groups is 1. The molecule has 0 atom stereocenters. The van der Waals surface area contributed by atoms with Gasteiger partial charge in [-0.1, -0.05) is 6.58 Å². The molecule has 0 amide bonds. The van der Waals surface area contributed by atoms with E-state index in [1.54, 1.807) is 6.92 Å². The smallest absolute Gasteiger partial charge is 0.452 e. The van der Waals surface area contributed by atoms with E-state index < -0.39 is 34.5 Å². The van der Waals surface area contributed by atoms with E-state index in [1.165, 1.54) is 0 Å². The third-order valence-corrected chi connectivity index (χ3v) is 14.9. The van der Waals surface area contributed by atoms with Gasteiger partial charge in [0, 0.05) is 5.57 Å². The lowest BCUT2D eigenvalue weighted by atomic mass is 10.4. The van der Waals surface area contributed by atoms with Crippen LogP contribution >= 0.6 is 0 Å². The summed E-state index contributed by atoms with van der Waals surface area (Å²) in [5, 5.41) is 0. The highest BCUT2D eigenvalue weighted by molar-refractivity contribution is 6.83. The Hall–Kier alpha value is -0.0425. The van der Waals surface area contributed by atoms with E-state index >= 15 is 0 Å². The highest BCUT2D eigenvalue weighted by Crippen LogP contribution is 2.20. The molecular weight excluding hydrogens is 373 g/mol. The maximum absolute atomic E-state index is 11.4. The van der Waals surface area contributed by atoms with Gasteiger partial charge in [0.2, 0.25) is 0 Å². The van der Waals surface area contributed by atoms with Gasteiger partial charge in [-0.05, 0) is 71.8 Å². The van der Waals surface area contributed by atoms with Crippen LogP contribution in [-0.4, -0.2) is 47.1 Å². The summed E-state index contributed by atoms with van der Waals surface area (Å²) in [6.07, 6.45) is 0.791. The summed E-state index contributed by atoms with van der Waals surface area (Å²) < 4.78 is 24.0. The Morgan fingerprint density at radius 1 is 0.917 bits per heavy atom. The number of ether oxygens (including phenoxy) is 1. The first-order valence-electron chi connectivity index (χ1n) is 8.47. The molecule has 0 bridgehead atoms. The molecule has 0 N–H and O–H groups in total. The van der Waals surface area contributed by atoms with Crippen LogP contribution in [0.25, 0.3) is 0 Å². The normalized spacial score (nSPS) is 13.2. The molecule has 0 aliphatic rings. The van der Waals surface area contributed by atoms with Crippen molar-refractivity contribution >= 4 is 40.4 Å². The van der Waals surface area contributed by atoms with Gasteiger partial charge >= 0.3 is 15.5 Å². The van der Waals surface area contributed by atoms with Crippen LogP contribution in [0.2, 0.25) is 58.4 Å². The Morgan fingerprint density at radius 2 is 1.38 bits per heavy atom. The summed E-state index contributed by atoms with van der Waals surface area (Å²) in [4.78, 5) is 11.4. The van der Waals surface area contributed by atoms with Gasteiger partial charge in [0.25, 0.3) is 0 Å². The molecule has 0 fully saturated rings. The molecule has 0 heterocycles. The largest absolute Gasteiger partial charge is 0.462 e. The molecule has 0 saturated heterocycles. The van der Waals surface area contributed by atoms with Crippen LogP contribution in [0.3, 0.4) is 0 Å². The Morgan fingerprint density at radius 3 is 1.75 bits per heavy atom. The summed E-state index contributed by atoms with van der Waals surface area (Å²) in [6, 6.07) is 0.907. The van der Waals surface area contributed by atoms with Crippen molar-refractivity contribution in [1.29, 1.82) is 0 Å². The van der Waals surface area contributed by atoms with Crippen molar-refractivity contribution in [3.8, 4) is 0 Å². The Balaban J connectivity index is 4.56. The minimum absolute atomic E-state index is 0.327. The summed E-state index contributed by atoms with van der Waals surface area (Å²) in [7, 11) is -7.47. The van der Waals surface area contributed by atoms with Crippen LogP contribution in [-0.2, 0) is 21.9 Å². The second-order valence-electron chi connectivity index (χ2n) is 8.65. The van der Waals surface area contributed by atoms with Crippen molar-refractivity contribution in [3.63, 3.8) is 0 Å². The predicted octanol–water partition coefficient (Wildman–Crippen LogP) is 4.14. The summed E-state index contributed by atoms with van der Waals surface area (Å²) in [6.45, 7) is 23.0. The fraction of sp³-hybridized carbons (Fsp3) is 0.800. The van der Waals surface area contributed by atoms with Gasteiger partial charge in [0.05, 0.1) is 6.61 Å². The average molecular weight is 409 g/mol. The van der Waals surface area contributed by atoms with Crippen molar-refractivity contribution in [2.24, 2.45) is 0 Å². The molecule has 0 rings (SSSR count). The quantitative estimate of drug-likeness (QED) is 0.222. The van der Waals surface area contributed by atoms with Crippen molar-refractivity contribution in [1.82, 2.24) is 0 Å². The highest BCUT2D eigenvalue weighted by atomic mass is 28.5. The molecule has 0 saturated carbocycles. The van der Waals surface area contributed by atoms with Crippen LogP contribution < -0.4 is 0 Å². The van der Waals surface area contributed by atoms with E-state index in [0.717, 1.165) is 12.5 Å². The van der Waals surface area contributed by atoms with Crippen molar-refractivity contribution < 1.29 is 21.9 Å². The van der Waals surface area contributed by atoms with E-state index in [-0.39, 0.29) is 5.97 Å². The predicted molar refractivity (Wildman–Crippen MR) is 110 cm³/mol. The van der Waals surface area contributed by atoms with Gasteiger partial charge in [0.15, 0.2) is 25.0 Å². The molecule has 0 aromatic heterocycles. The van der Waals surface area contributed by atoms with E-state index in [9.17, 15) is 4.79 Å². The third kappa shape index (κ3) is 13.3. The lowest BCUT2D eigenvalue weighted by molar-refractivity contribution is -0.138. The van der Waals surface area contributed by atoms with Crippen LogP contribution in [0, 0.1) is 0 Å². The molecule has 5 nitrogen and oxygen atoms in total. The maximum atomic E-state index is 11.4. The molecule has 0 aliphatic carbocycles. The highest BCUT2D eigenvalue weighted by Gasteiger charge is 2.35. The van der Waals surface area contributed by atoms with E-state index in [0.29, 0.717) is 12.2 Å². The molecule has 142 valence electrons. The van der Waals surface area contributed by atoms with Crippen LogP contribution in [0.1, 0.15) is 13.3 Å². The minimum atomic E-state index is -2.13. The minimum Gasteiger partial charge on any atom is -0.462 e. The van der Waals surface area contributed by atoms with Gasteiger partial charge in [-0.25, -0.2) is 4.79 Å². The van der Waals surface area contributed by atoms with Crippen LogP contribution in [0.5, 0.6) is 0 Å². The lowest BCUT2D eigenvalue weighted by Gasteiger charge is -2.35. The number of esters is 1. The van der Waals surface area contributed by atoms with Gasteiger partial charge < -0.3 is 17.1 Å². The monoisotopic (exact) mass is 408 g/mol. The van der Waals surface area contributed by atoms with Gasteiger partial charge in [-0.2, -0.15) is 0 Å². The molecule has 24 heavy (non-hydrogen) atoms. The SMILES string of the molecule is C=C(C)C(=O)OCCC[Si](C)(C)O[SiH](O[Si](C)(C)C)O[Si](C)(C)C. The van der Waals surface area contributed by atoms with E-state index in [4.69, 9.17) is 17.1 Å². The lowest BCUT2D eigenvalue weighted by Crippen LogP contribution is -2.50.